The fourth-order valence-corrected chi connectivity index (χ4v) is 2.89. The molecule has 0 saturated heterocycles. The van der Waals surface area contributed by atoms with Crippen LogP contribution < -0.4 is 5.73 Å². The van der Waals surface area contributed by atoms with Crippen molar-refractivity contribution in [3.05, 3.63) is 59.2 Å². The van der Waals surface area contributed by atoms with Crippen molar-refractivity contribution in [3.63, 3.8) is 0 Å². The number of rotatable bonds is 5. The molecule has 0 radical (unpaired) electrons. The summed E-state index contributed by atoms with van der Waals surface area (Å²) < 4.78 is 0. The first-order chi connectivity index (χ1) is 9.54. The summed E-state index contributed by atoms with van der Waals surface area (Å²) in [4.78, 5) is 11.8. The molecule has 0 aliphatic heterocycles. The summed E-state index contributed by atoms with van der Waals surface area (Å²) >= 11 is 1.76. The molecule has 2 aromatic carbocycles. The number of benzene rings is 2. The molecule has 0 heterocycles. The van der Waals surface area contributed by atoms with Crippen LogP contribution in [0.15, 0.2) is 47.4 Å². The first-order valence-electron chi connectivity index (χ1n) is 6.33. The van der Waals surface area contributed by atoms with Crippen LogP contribution in [0.4, 0.5) is 5.69 Å². The number of hydrogen-bond donors (Lipinski definition) is 2. The maximum absolute atomic E-state index is 10.6. The summed E-state index contributed by atoms with van der Waals surface area (Å²) in [6.07, 6.45) is 0.0739. The molecule has 0 bridgehead atoms. The number of carbonyl (C=O) groups is 1. The summed E-state index contributed by atoms with van der Waals surface area (Å²) in [6, 6.07) is 13.6. The van der Waals surface area contributed by atoms with Gasteiger partial charge in [0.1, 0.15) is 0 Å². The van der Waals surface area contributed by atoms with Gasteiger partial charge in [0.05, 0.1) is 6.42 Å². The molecule has 0 saturated carbocycles. The molecule has 20 heavy (non-hydrogen) atoms. The van der Waals surface area contributed by atoms with Gasteiger partial charge in [0.25, 0.3) is 0 Å². The molecule has 0 aliphatic rings. The molecular formula is C16H17NO2S. The second kappa shape index (κ2) is 6.48. The number of nitrogen functional groups attached to an aromatic ring is 1. The SMILES string of the molecule is Cc1cc(N)ccc1SCc1ccc(CC(=O)O)cc1. The van der Waals surface area contributed by atoms with E-state index in [1.165, 1.54) is 16.0 Å². The van der Waals surface area contributed by atoms with Crippen LogP contribution in [-0.4, -0.2) is 11.1 Å². The second-order valence-corrected chi connectivity index (χ2v) is 5.72. The minimum atomic E-state index is -0.801. The number of carboxylic acids is 1. The molecule has 2 aromatic rings. The molecule has 2 rings (SSSR count). The Morgan fingerprint density at radius 3 is 2.40 bits per heavy atom. The van der Waals surface area contributed by atoms with Gasteiger partial charge in [-0.3, -0.25) is 4.79 Å². The number of carboxylic acid groups (broad SMARTS) is 1. The van der Waals surface area contributed by atoms with E-state index in [0.29, 0.717) is 0 Å². The number of nitrogens with two attached hydrogens (primary N) is 1. The monoisotopic (exact) mass is 287 g/mol. The third-order valence-electron chi connectivity index (χ3n) is 2.97. The first kappa shape index (κ1) is 14.5. The van der Waals surface area contributed by atoms with Gasteiger partial charge < -0.3 is 10.8 Å². The molecule has 4 heteroatoms. The van der Waals surface area contributed by atoms with Crippen LogP contribution in [0, 0.1) is 6.92 Å². The van der Waals surface area contributed by atoms with Crippen LogP contribution >= 0.6 is 11.8 Å². The maximum Gasteiger partial charge on any atom is 0.307 e. The highest BCUT2D eigenvalue weighted by molar-refractivity contribution is 7.98. The summed E-state index contributed by atoms with van der Waals surface area (Å²) in [5.41, 5.74) is 9.70. The van der Waals surface area contributed by atoms with Crippen molar-refractivity contribution in [1.29, 1.82) is 0 Å². The molecule has 104 valence electrons. The number of thioether (sulfide) groups is 1. The minimum Gasteiger partial charge on any atom is -0.481 e. The van der Waals surface area contributed by atoms with Gasteiger partial charge in [0, 0.05) is 16.3 Å². The lowest BCUT2D eigenvalue weighted by Gasteiger charge is -2.07. The third-order valence-corrected chi connectivity index (χ3v) is 4.22. The Labute approximate surface area is 122 Å². The standard InChI is InChI=1S/C16H17NO2S/c1-11-8-14(17)6-7-15(11)20-10-13-4-2-12(3-5-13)9-16(18)19/h2-8H,9-10,17H2,1H3,(H,18,19). The molecule has 0 unspecified atom stereocenters. The van der Waals surface area contributed by atoms with Crippen molar-refractivity contribution in [2.45, 2.75) is 24.0 Å². The highest BCUT2D eigenvalue weighted by Gasteiger charge is 2.03. The van der Waals surface area contributed by atoms with E-state index < -0.39 is 5.97 Å². The molecule has 3 nitrogen and oxygen atoms in total. The molecule has 0 aromatic heterocycles. The van der Waals surface area contributed by atoms with Crippen LogP contribution in [-0.2, 0) is 17.0 Å². The lowest BCUT2D eigenvalue weighted by Crippen LogP contribution is -1.99. The van der Waals surface area contributed by atoms with Crippen molar-refractivity contribution in [2.75, 3.05) is 5.73 Å². The molecule has 0 aliphatic carbocycles. The maximum atomic E-state index is 10.6. The summed E-state index contributed by atoms with van der Waals surface area (Å²) in [7, 11) is 0. The topological polar surface area (TPSA) is 63.3 Å². The predicted octanol–water partition coefficient (Wildman–Crippen LogP) is 3.50. The molecule has 0 amide bonds. The second-order valence-electron chi connectivity index (χ2n) is 4.70. The van der Waals surface area contributed by atoms with Gasteiger partial charge in [0.2, 0.25) is 0 Å². The smallest absolute Gasteiger partial charge is 0.307 e. The van der Waals surface area contributed by atoms with Crippen LogP contribution in [0.25, 0.3) is 0 Å². The van der Waals surface area contributed by atoms with Crippen LogP contribution in [0.1, 0.15) is 16.7 Å². The van der Waals surface area contributed by atoms with Crippen LogP contribution in [0.5, 0.6) is 0 Å². The zero-order valence-electron chi connectivity index (χ0n) is 11.3. The Balaban J connectivity index is 1.98. The van der Waals surface area contributed by atoms with Crippen LogP contribution in [0.3, 0.4) is 0 Å². The van der Waals surface area contributed by atoms with E-state index in [4.69, 9.17) is 10.8 Å². The Morgan fingerprint density at radius 2 is 1.80 bits per heavy atom. The lowest BCUT2D eigenvalue weighted by atomic mass is 10.1. The average Bonchev–Trinajstić information content (AvgIpc) is 2.39. The number of anilines is 1. The fraction of sp³-hybridized carbons (Fsp3) is 0.188. The molecular weight excluding hydrogens is 270 g/mol. The van der Waals surface area contributed by atoms with Gasteiger partial charge in [-0.2, -0.15) is 0 Å². The van der Waals surface area contributed by atoms with Crippen LogP contribution in [0.2, 0.25) is 0 Å². The summed E-state index contributed by atoms with van der Waals surface area (Å²) in [6.45, 7) is 2.05. The number of hydrogen-bond acceptors (Lipinski definition) is 3. The first-order valence-corrected chi connectivity index (χ1v) is 7.31. The van der Waals surface area contributed by atoms with Crippen molar-refractivity contribution >= 4 is 23.4 Å². The Morgan fingerprint density at radius 1 is 1.15 bits per heavy atom. The molecule has 0 fully saturated rings. The quantitative estimate of drug-likeness (QED) is 0.652. The fourth-order valence-electron chi connectivity index (χ4n) is 1.92. The van der Waals surface area contributed by atoms with Gasteiger partial charge in [-0.15, -0.1) is 11.8 Å². The van der Waals surface area contributed by atoms with Crippen molar-refractivity contribution in [2.24, 2.45) is 0 Å². The number of aliphatic carboxylic acids is 1. The summed E-state index contributed by atoms with van der Waals surface area (Å²) in [5.74, 6) is 0.0580. The Kier molecular flexibility index (Phi) is 4.69. The van der Waals surface area contributed by atoms with Gasteiger partial charge in [-0.1, -0.05) is 24.3 Å². The van der Waals surface area contributed by atoms with Gasteiger partial charge in [0.15, 0.2) is 0 Å². The van der Waals surface area contributed by atoms with Crippen molar-refractivity contribution in [3.8, 4) is 0 Å². The van der Waals surface area contributed by atoms with Crippen molar-refractivity contribution in [1.82, 2.24) is 0 Å². The summed E-state index contributed by atoms with van der Waals surface area (Å²) in [5, 5.41) is 8.73. The number of aryl methyl sites for hydroxylation is 1. The lowest BCUT2D eigenvalue weighted by molar-refractivity contribution is -0.136. The average molecular weight is 287 g/mol. The predicted molar refractivity (Wildman–Crippen MR) is 82.9 cm³/mol. The third kappa shape index (κ3) is 4.03. The molecule has 0 atom stereocenters. The van der Waals surface area contributed by atoms with E-state index in [0.717, 1.165) is 17.0 Å². The molecule has 0 spiro atoms. The van der Waals surface area contributed by atoms with Crippen molar-refractivity contribution < 1.29 is 9.90 Å². The zero-order chi connectivity index (χ0) is 14.5. The molecule has 3 N–H and O–H groups in total. The van der Waals surface area contributed by atoms with Gasteiger partial charge in [-0.05, 0) is 41.8 Å². The minimum absolute atomic E-state index is 0.0739. The normalized spacial score (nSPS) is 10.4. The van der Waals surface area contributed by atoms with Gasteiger partial charge in [-0.25, -0.2) is 0 Å². The highest BCUT2D eigenvalue weighted by atomic mass is 32.2. The Hall–Kier alpha value is -1.94. The largest absolute Gasteiger partial charge is 0.481 e. The Bertz CT molecular complexity index is 608. The van der Waals surface area contributed by atoms with Gasteiger partial charge >= 0.3 is 5.97 Å². The van der Waals surface area contributed by atoms with E-state index in [2.05, 4.69) is 6.92 Å². The van der Waals surface area contributed by atoms with E-state index in [9.17, 15) is 4.79 Å². The van der Waals surface area contributed by atoms with E-state index in [-0.39, 0.29) is 6.42 Å². The van der Waals surface area contributed by atoms with E-state index >= 15 is 0 Å². The van der Waals surface area contributed by atoms with E-state index in [1.54, 1.807) is 11.8 Å². The van der Waals surface area contributed by atoms with E-state index in [1.807, 2.05) is 42.5 Å². The zero-order valence-corrected chi connectivity index (χ0v) is 12.1. The highest BCUT2D eigenvalue weighted by Crippen LogP contribution is 2.27.